The molecular formula is C24H26N2O3. The third-order valence-corrected chi connectivity index (χ3v) is 4.72. The van der Waals surface area contributed by atoms with E-state index in [0.717, 1.165) is 17.7 Å². The number of nitrogens with zero attached hydrogens (tertiary/aromatic N) is 2. The van der Waals surface area contributed by atoms with Crippen LogP contribution in [0, 0.1) is 0 Å². The van der Waals surface area contributed by atoms with Crippen LogP contribution in [-0.2, 0) is 16.1 Å². The van der Waals surface area contributed by atoms with Gasteiger partial charge >= 0.3 is 0 Å². The van der Waals surface area contributed by atoms with Gasteiger partial charge in [0.15, 0.2) is 0 Å². The molecule has 2 amide bonds. The first-order valence-electron chi connectivity index (χ1n) is 9.76. The lowest BCUT2D eigenvalue weighted by molar-refractivity contribution is -0.136. The second-order valence-corrected chi connectivity index (χ2v) is 6.95. The quantitative estimate of drug-likeness (QED) is 0.482. The Morgan fingerprint density at radius 2 is 1.72 bits per heavy atom. The van der Waals surface area contributed by atoms with E-state index in [1.807, 2.05) is 73.5 Å². The van der Waals surface area contributed by atoms with E-state index >= 15 is 0 Å². The summed E-state index contributed by atoms with van der Waals surface area (Å²) in [7, 11) is 1.84. The molecule has 0 saturated carbocycles. The summed E-state index contributed by atoms with van der Waals surface area (Å²) in [5.74, 6) is 0.150. The average Bonchev–Trinajstić information content (AvgIpc) is 2.98. The lowest BCUT2D eigenvalue weighted by atomic mass is 10.0. The fourth-order valence-electron chi connectivity index (χ4n) is 3.35. The molecule has 0 atom stereocenters. The number of benzene rings is 2. The van der Waals surface area contributed by atoms with Crippen molar-refractivity contribution in [3.63, 3.8) is 0 Å². The molecule has 2 aromatic rings. The standard InChI is InChI=1S/C24H26N2O3/c1-4-15-26-23(27)21(19-11-13-20(14-12-19)29-16-5-2)22(24(26)28)25(3)17-18-9-7-6-8-10-18/h4,6-14H,1,5,15-17H2,2-3H3. The van der Waals surface area contributed by atoms with Crippen LogP contribution in [0.3, 0.4) is 0 Å². The topological polar surface area (TPSA) is 49.9 Å². The highest BCUT2D eigenvalue weighted by molar-refractivity contribution is 6.35. The van der Waals surface area contributed by atoms with Crippen LogP contribution in [0.5, 0.6) is 5.75 Å². The van der Waals surface area contributed by atoms with Crippen LogP contribution in [-0.4, -0.2) is 41.8 Å². The first kappa shape index (κ1) is 20.4. The minimum atomic E-state index is -0.299. The summed E-state index contributed by atoms with van der Waals surface area (Å²) in [6.45, 7) is 7.07. The zero-order chi connectivity index (χ0) is 20.8. The molecule has 0 spiro atoms. The van der Waals surface area contributed by atoms with Crippen LogP contribution >= 0.6 is 0 Å². The lowest BCUT2D eigenvalue weighted by Gasteiger charge is -2.21. The predicted molar refractivity (Wildman–Crippen MR) is 114 cm³/mol. The van der Waals surface area contributed by atoms with Crippen LogP contribution in [0.15, 0.2) is 72.9 Å². The van der Waals surface area contributed by atoms with E-state index in [-0.39, 0.29) is 18.4 Å². The van der Waals surface area contributed by atoms with Crippen molar-refractivity contribution in [1.29, 1.82) is 0 Å². The SMILES string of the molecule is C=CCN1C(=O)C(c2ccc(OCCC)cc2)=C(N(C)Cc2ccccc2)C1=O. The van der Waals surface area contributed by atoms with E-state index in [1.165, 1.54) is 4.90 Å². The molecule has 5 heteroatoms. The Bertz CT molecular complexity index is 917. The van der Waals surface area contributed by atoms with Crippen molar-refractivity contribution in [2.24, 2.45) is 0 Å². The second kappa shape index (κ2) is 9.24. The number of likely N-dealkylation sites (N-methyl/N-ethyl adjacent to an activating group) is 1. The Kier molecular flexibility index (Phi) is 6.50. The average molecular weight is 390 g/mol. The number of imide groups is 1. The second-order valence-electron chi connectivity index (χ2n) is 6.95. The van der Waals surface area contributed by atoms with Crippen molar-refractivity contribution in [3.05, 3.63) is 84.1 Å². The largest absolute Gasteiger partial charge is 0.494 e. The molecule has 0 aliphatic carbocycles. The van der Waals surface area contributed by atoms with Gasteiger partial charge in [0.2, 0.25) is 0 Å². The number of carbonyl (C=O) groups excluding carboxylic acids is 2. The summed E-state index contributed by atoms with van der Waals surface area (Å²) in [6, 6.07) is 17.2. The molecule has 29 heavy (non-hydrogen) atoms. The normalized spacial score (nSPS) is 13.8. The summed E-state index contributed by atoms with van der Waals surface area (Å²) >= 11 is 0. The number of ether oxygens (including phenoxy) is 1. The van der Waals surface area contributed by atoms with Crippen molar-refractivity contribution in [3.8, 4) is 5.75 Å². The molecule has 0 bridgehead atoms. The van der Waals surface area contributed by atoms with Crippen LogP contribution in [0.4, 0.5) is 0 Å². The van der Waals surface area contributed by atoms with Crippen molar-refractivity contribution < 1.29 is 14.3 Å². The van der Waals surface area contributed by atoms with Gasteiger partial charge in [-0.3, -0.25) is 14.5 Å². The predicted octanol–water partition coefficient (Wildman–Crippen LogP) is 3.87. The summed E-state index contributed by atoms with van der Waals surface area (Å²) in [5.41, 5.74) is 2.58. The van der Waals surface area contributed by atoms with Gasteiger partial charge in [-0.15, -0.1) is 6.58 Å². The first-order valence-corrected chi connectivity index (χ1v) is 9.76. The third-order valence-electron chi connectivity index (χ3n) is 4.72. The van der Waals surface area contributed by atoms with Crippen LogP contribution in [0.1, 0.15) is 24.5 Å². The van der Waals surface area contributed by atoms with Gasteiger partial charge in [-0.2, -0.15) is 0 Å². The number of carbonyl (C=O) groups is 2. The first-order chi connectivity index (χ1) is 14.1. The van der Waals surface area contributed by atoms with E-state index in [1.54, 1.807) is 6.08 Å². The monoisotopic (exact) mass is 390 g/mol. The number of hydrogen-bond donors (Lipinski definition) is 0. The Morgan fingerprint density at radius 3 is 2.34 bits per heavy atom. The van der Waals surface area contributed by atoms with Crippen LogP contribution in [0.2, 0.25) is 0 Å². The number of hydrogen-bond acceptors (Lipinski definition) is 4. The highest BCUT2D eigenvalue weighted by Gasteiger charge is 2.40. The van der Waals surface area contributed by atoms with Gasteiger partial charge in [-0.1, -0.05) is 55.5 Å². The lowest BCUT2D eigenvalue weighted by Crippen LogP contribution is -2.34. The summed E-state index contributed by atoms with van der Waals surface area (Å²) in [6.07, 6.45) is 2.49. The van der Waals surface area contributed by atoms with Crippen molar-refractivity contribution in [1.82, 2.24) is 9.80 Å². The smallest absolute Gasteiger partial charge is 0.278 e. The minimum absolute atomic E-state index is 0.182. The Labute approximate surface area is 171 Å². The molecule has 1 heterocycles. The van der Waals surface area contributed by atoms with Gasteiger partial charge in [0.05, 0.1) is 12.2 Å². The summed E-state index contributed by atoms with van der Waals surface area (Å²) < 4.78 is 5.63. The third kappa shape index (κ3) is 4.40. The maximum absolute atomic E-state index is 13.1. The fourth-order valence-corrected chi connectivity index (χ4v) is 3.35. The maximum Gasteiger partial charge on any atom is 0.278 e. The molecule has 0 aromatic heterocycles. The Morgan fingerprint density at radius 1 is 1.03 bits per heavy atom. The van der Waals surface area contributed by atoms with E-state index in [0.29, 0.717) is 30.0 Å². The fraction of sp³-hybridized carbons (Fsp3) is 0.250. The maximum atomic E-state index is 13.1. The van der Waals surface area contributed by atoms with E-state index in [9.17, 15) is 9.59 Å². The van der Waals surface area contributed by atoms with Gasteiger partial charge in [0.1, 0.15) is 11.4 Å². The van der Waals surface area contributed by atoms with Crippen LogP contribution in [0.25, 0.3) is 5.57 Å². The molecule has 3 rings (SSSR count). The highest BCUT2D eigenvalue weighted by atomic mass is 16.5. The Balaban J connectivity index is 1.97. The molecule has 0 fully saturated rings. The van der Waals surface area contributed by atoms with Gasteiger partial charge in [0, 0.05) is 20.1 Å². The van der Waals surface area contributed by atoms with Crippen molar-refractivity contribution in [2.75, 3.05) is 20.2 Å². The molecular weight excluding hydrogens is 364 g/mol. The molecule has 0 saturated heterocycles. The van der Waals surface area contributed by atoms with Gasteiger partial charge in [-0.25, -0.2) is 0 Å². The molecule has 2 aromatic carbocycles. The Hall–Kier alpha value is -3.34. The zero-order valence-corrected chi connectivity index (χ0v) is 16.9. The molecule has 0 unspecified atom stereocenters. The number of rotatable bonds is 9. The van der Waals surface area contributed by atoms with Crippen LogP contribution < -0.4 is 4.74 Å². The molecule has 5 nitrogen and oxygen atoms in total. The van der Waals surface area contributed by atoms with Gasteiger partial charge < -0.3 is 9.64 Å². The molecule has 1 aliphatic heterocycles. The van der Waals surface area contributed by atoms with E-state index < -0.39 is 0 Å². The summed E-state index contributed by atoms with van der Waals surface area (Å²) in [4.78, 5) is 29.2. The minimum Gasteiger partial charge on any atom is -0.494 e. The summed E-state index contributed by atoms with van der Waals surface area (Å²) in [5, 5.41) is 0. The van der Waals surface area contributed by atoms with Gasteiger partial charge in [0.25, 0.3) is 11.8 Å². The van der Waals surface area contributed by atoms with Crippen molar-refractivity contribution in [2.45, 2.75) is 19.9 Å². The number of amides is 2. The zero-order valence-electron chi connectivity index (χ0n) is 16.9. The van der Waals surface area contributed by atoms with Gasteiger partial charge in [-0.05, 0) is 29.7 Å². The van der Waals surface area contributed by atoms with Crippen molar-refractivity contribution >= 4 is 17.4 Å². The van der Waals surface area contributed by atoms with E-state index in [2.05, 4.69) is 6.58 Å². The molecule has 1 aliphatic rings. The molecule has 150 valence electrons. The molecule has 0 N–H and O–H groups in total. The molecule has 0 radical (unpaired) electrons. The van der Waals surface area contributed by atoms with E-state index in [4.69, 9.17) is 4.74 Å². The highest BCUT2D eigenvalue weighted by Crippen LogP contribution is 2.32.